The van der Waals surface area contributed by atoms with Crippen LogP contribution in [0.25, 0.3) is 5.69 Å². The van der Waals surface area contributed by atoms with E-state index in [1.54, 1.807) is 19.1 Å². The Morgan fingerprint density at radius 2 is 2.00 bits per heavy atom. The molecule has 0 bridgehead atoms. The van der Waals surface area contributed by atoms with Crippen molar-refractivity contribution < 1.29 is 4.74 Å². The molecule has 0 amide bonds. The van der Waals surface area contributed by atoms with Crippen molar-refractivity contribution in [3.63, 3.8) is 0 Å². The Hall–Kier alpha value is -3.78. The number of benzene rings is 2. The summed E-state index contributed by atoms with van der Waals surface area (Å²) in [6, 6.07) is 12.9. The van der Waals surface area contributed by atoms with Gasteiger partial charge in [-0.2, -0.15) is 5.26 Å². The number of fused-ring (bicyclic) bond motifs is 1. The van der Waals surface area contributed by atoms with Gasteiger partial charge < -0.3 is 15.4 Å². The Labute approximate surface area is 215 Å². The van der Waals surface area contributed by atoms with Crippen molar-refractivity contribution in [3.05, 3.63) is 79.9 Å². The zero-order chi connectivity index (χ0) is 25.6. The Balaban J connectivity index is 1.40. The van der Waals surface area contributed by atoms with E-state index < -0.39 is 0 Å². The predicted octanol–water partition coefficient (Wildman–Crippen LogP) is 3.90. The third-order valence-corrected chi connectivity index (χ3v) is 8.01. The fraction of sp³-hybridized carbons (Fsp3) is 0.321. The molecule has 5 rings (SSSR count). The maximum absolute atomic E-state index is 13.2. The summed E-state index contributed by atoms with van der Waals surface area (Å²) < 4.78 is 6.74. The monoisotopic (exact) mass is 499 g/mol. The van der Waals surface area contributed by atoms with E-state index in [0.717, 1.165) is 43.5 Å². The number of ether oxygens (including phenoxy) is 1. The average molecular weight is 500 g/mol. The summed E-state index contributed by atoms with van der Waals surface area (Å²) in [5.41, 5.74) is 10.5. The highest BCUT2D eigenvalue weighted by Gasteiger charge is 2.46. The molecule has 1 aliphatic heterocycles. The van der Waals surface area contributed by atoms with Gasteiger partial charge in [0, 0.05) is 30.8 Å². The summed E-state index contributed by atoms with van der Waals surface area (Å²) in [6.45, 7) is 3.28. The average Bonchev–Trinajstić information content (AvgIpc) is 3.14. The van der Waals surface area contributed by atoms with Crippen molar-refractivity contribution >= 4 is 17.4 Å². The number of halogens is 1. The summed E-state index contributed by atoms with van der Waals surface area (Å²) in [6.07, 6.45) is 8.33. The second kappa shape index (κ2) is 9.02. The minimum atomic E-state index is -0.252. The van der Waals surface area contributed by atoms with Crippen LogP contribution in [0.15, 0.2) is 41.2 Å². The quantitative estimate of drug-likeness (QED) is 0.549. The van der Waals surface area contributed by atoms with Gasteiger partial charge in [0.25, 0.3) is 5.56 Å². The molecule has 2 aromatic carbocycles. The predicted molar refractivity (Wildman–Crippen MR) is 140 cm³/mol. The van der Waals surface area contributed by atoms with Crippen molar-refractivity contribution in [1.29, 1.82) is 5.26 Å². The van der Waals surface area contributed by atoms with Crippen molar-refractivity contribution in [3.8, 4) is 29.8 Å². The van der Waals surface area contributed by atoms with Crippen LogP contribution in [-0.2, 0) is 6.42 Å². The number of anilines is 1. The van der Waals surface area contributed by atoms with Crippen LogP contribution in [0, 0.1) is 36.0 Å². The molecule has 0 unspecified atom stereocenters. The number of rotatable bonds is 3. The first kappa shape index (κ1) is 23.9. The summed E-state index contributed by atoms with van der Waals surface area (Å²) in [5, 5.41) is 9.50. The van der Waals surface area contributed by atoms with Gasteiger partial charge in [-0.15, -0.1) is 6.42 Å². The molecule has 1 spiro atoms. The Morgan fingerprint density at radius 3 is 2.64 bits per heavy atom. The Morgan fingerprint density at radius 1 is 1.25 bits per heavy atom. The van der Waals surface area contributed by atoms with Gasteiger partial charge in [-0.3, -0.25) is 9.36 Å². The number of nitriles is 1. The fourth-order valence-corrected chi connectivity index (χ4v) is 5.99. The molecule has 0 saturated carbocycles. The summed E-state index contributed by atoms with van der Waals surface area (Å²) in [7, 11) is 1.44. The van der Waals surface area contributed by atoms with Crippen LogP contribution in [-0.4, -0.2) is 29.8 Å². The van der Waals surface area contributed by atoms with E-state index >= 15 is 0 Å². The molecular weight excluding hydrogens is 474 g/mol. The van der Waals surface area contributed by atoms with Crippen molar-refractivity contribution in [1.82, 2.24) is 9.55 Å². The standard InChI is InChI=1S/C28H26ClN5O2/c1-4-18-5-6-19-15-28(27(31)21(19)13-18)9-11-33(12-10-28)23-14-24(35)34(17(2)32-23)22-8-7-20(16-30)26(36-3)25(22)29/h1,5-8,13-14,27H,9-12,15,31H2,2-3H3/t27-/m1/s1. The number of methoxy groups -OCH3 is 1. The van der Waals surface area contributed by atoms with E-state index in [4.69, 9.17) is 33.5 Å². The van der Waals surface area contributed by atoms with Crippen molar-refractivity contribution in [2.45, 2.75) is 32.2 Å². The largest absolute Gasteiger partial charge is 0.494 e. The molecule has 1 aliphatic carbocycles. The molecule has 8 heteroatoms. The van der Waals surface area contributed by atoms with Crippen LogP contribution in [0.4, 0.5) is 5.82 Å². The zero-order valence-corrected chi connectivity index (χ0v) is 21.0. The fourth-order valence-electron chi connectivity index (χ4n) is 5.67. The molecule has 1 atom stereocenters. The van der Waals surface area contributed by atoms with E-state index in [1.807, 2.05) is 12.1 Å². The highest BCUT2D eigenvalue weighted by atomic mass is 35.5. The highest BCUT2D eigenvalue weighted by Crippen LogP contribution is 2.51. The first-order valence-corrected chi connectivity index (χ1v) is 12.2. The number of nitrogens with two attached hydrogens (primary N) is 1. The van der Waals surface area contributed by atoms with Crippen LogP contribution in [0.2, 0.25) is 5.02 Å². The third kappa shape index (κ3) is 3.73. The minimum absolute atomic E-state index is 0.0113. The Kier molecular flexibility index (Phi) is 6.00. The van der Waals surface area contributed by atoms with Crippen molar-refractivity contribution in [2.24, 2.45) is 11.1 Å². The lowest BCUT2D eigenvalue weighted by atomic mass is 9.73. The van der Waals surface area contributed by atoms with Crippen LogP contribution >= 0.6 is 11.6 Å². The van der Waals surface area contributed by atoms with Gasteiger partial charge in [-0.1, -0.05) is 23.6 Å². The molecule has 2 N–H and O–H groups in total. The molecule has 182 valence electrons. The number of hydrogen-bond donors (Lipinski definition) is 1. The summed E-state index contributed by atoms with van der Waals surface area (Å²) in [5.74, 6) is 4.08. The molecule has 2 heterocycles. The Bertz CT molecular complexity index is 1510. The molecule has 7 nitrogen and oxygen atoms in total. The topological polar surface area (TPSA) is 97.2 Å². The van der Waals surface area contributed by atoms with Crippen LogP contribution in [0.5, 0.6) is 5.75 Å². The van der Waals surface area contributed by atoms with Gasteiger partial charge in [0.1, 0.15) is 22.7 Å². The molecule has 3 aromatic rings. The molecule has 36 heavy (non-hydrogen) atoms. The lowest BCUT2D eigenvalue weighted by Gasteiger charge is -2.42. The molecule has 1 fully saturated rings. The van der Waals surface area contributed by atoms with E-state index in [0.29, 0.717) is 22.9 Å². The first-order chi connectivity index (χ1) is 17.3. The van der Waals surface area contributed by atoms with Gasteiger partial charge in [0.05, 0.1) is 18.4 Å². The number of aryl methyl sites for hydroxylation is 1. The molecule has 1 saturated heterocycles. The van der Waals surface area contributed by atoms with Gasteiger partial charge >= 0.3 is 0 Å². The van der Waals surface area contributed by atoms with E-state index in [9.17, 15) is 10.1 Å². The SMILES string of the molecule is C#Cc1ccc2c(c1)[C@@H](N)C1(CCN(c3cc(=O)n(-c4ccc(C#N)c(OC)c4Cl)c(C)n3)CC1)C2. The second-order valence-corrected chi connectivity index (χ2v) is 9.87. The number of nitrogens with zero attached hydrogens (tertiary/aromatic N) is 4. The molecule has 1 aromatic heterocycles. The van der Waals surface area contributed by atoms with Crippen LogP contribution in [0.3, 0.4) is 0 Å². The van der Waals surface area contributed by atoms with Gasteiger partial charge in [0.15, 0.2) is 5.75 Å². The zero-order valence-electron chi connectivity index (χ0n) is 20.2. The minimum Gasteiger partial charge on any atom is -0.494 e. The highest BCUT2D eigenvalue weighted by molar-refractivity contribution is 6.34. The van der Waals surface area contributed by atoms with E-state index in [2.05, 4.69) is 23.0 Å². The third-order valence-electron chi connectivity index (χ3n) is 7.65. The van der Waals surface area contributed by atoms with Crippen LogP contribution < -0.4 is 20.9 Å². The summed E-state index contributed by atoms with van der Waals surface area (Å²) in [4.78, 5) is 20.1. The second-order valence-electron chi connectivity index (χ2n) is 9.49. The molecular formula is C28H26ClN5O2. The maximum atomic E-state index is 13.2. The first-order valence-electron chi connectivity index (χ1n) is 11.8. The van der Waals surface area contributed by atoms with E-state index in [-0.39, 0.29) is 27.8 Å². The number of aromatic nitrogens is 2. The van der Waals surface area contributed by atoms with Gasteiger partial charge in [0.2, 0.25) is 0 Å². The van der Waals surface area contributed by atoms with Crippen molar-refractivity contribution in [2.75, 3.05) is 25.1 Å². The van der Waals surface area contributed by atoms with E-state index in [1.165, 1.54) is 23.3 Å². The smallest absolute Gasteiger partial charge is 0.260 e. The lowest BCUT2D eigenvalue weighted by Crippen LogP contribution is -2.45. The van der Waals surface area contributed by atoms with Crippen LogP contribution in [0.1, 0.15) is 47.0 Å². The normalized spacial score (nSPS) is 17.9. The molecule has 2 aliphatic rings. The molecule has 0 radical (unpaired) electrons. The maximum Gasteiger partial charge on any atom is 0.260 e. The van der Waals surface area contributed by atoms with Gasteiger partial charge in [-0.05, 0) is 67.0 Å². The summed E-state index contributed by atoms with van der Waals surface area (Å²) >= 11 is 6.50. The number of hydrogen-bond acceptors (Lipinski definition) is 6. The lowest BCUT2D eigenvalue weighted by molar-refractivity contribution is 0.187. The number of piperidine rings is 1. The number of terminal acetylenes is 1. The van der Waals surface area contributed by atoms with Gasteiger partial charge in [-0.25, -0.2) is 4.98 Å².